The summed E-state index contributed by atoms with van der Waals surface area (Å²) in [6.45, 7) is 0. The second kappa shape index (κ2) is 4.47. The lowest BCUT2D eigenvalue weighted by atomic mass is 9.68. The fraction of sp³-hybridized carbons (Fsp3) is 0.500. The minimum atomic E-state index is -0.568. The quantitative estimate of drug-likeness (QED) is 0.765. The maximum Gasteiger partial charge on any atom is 0.0861 e. The van der Waals surface area contributed by atoms with Gasteiger partial charge in [-0.05, 0) is 24.5 Å². The number of rotatable bonds is 2. The van der Waals surface area contributed by atoms with Crippen LogP contribution in [0.2, 0.25) is 0 Å². The highest BCUT2D eigenvalue weighted by Gasteiger charge is 2.44. The van der Waals surface area contributed by atoms with Gasteiger partial charge in [0.25, 0.3) is 0 Å². The highest BCUT2D eigenvalue weighted by molar-refractivity contribution is 7.80. The largest absolute Gasteiger partial charge is 0.392 e. The minimum Gasteiger partial charge on any atom is -0.392 e. The van der Waals surface area contributed by atoms with Crippen molar-refractivity contribution in [3.8, 4) is 0 Å². The number of aromatic nitrogens is 1. The Morgan fingerprint density at radius 1 is 1.56 bits per heavy atom. The van der Waals surface area contributed by atoms with Gasteiger partial charge < -0.3 is 10.8 Å². The number of hydrogen-bond donors (Lipinski definition) is 2. The van der Waals surface area contributed by atoms with Gasteiger partial charge in [-0.2, -0.15) is 0 Å². The zero-order valence-corrected chi connectivity index (χ0v) is 9.91. The van der Waals surface area contributed by atoms with Crippen LogP contribution in [0.5, 0.6) is 0 Å². The molecular weight excluding hydrogens is 220 g/mol. The molecule has 1 aliphatic rings. The maximum absolute atomic E-state index is 10.2. The fourth-order valence-corrected chi connectivity index (χ4v) is 2.90. The molecule has 3 N–H and O–H groups in total. The molecule has 1 aliphatic carbocycles. The topological polar surface area (TPSA) is 59.1 Å². The van der Waals surface area contributed by atoms with Crippen molar-refractivity contribution in [3.05, 3.63) is 30.1 Å². The third-order valence-electron chi connectivity index (χ3n) is 3.48. The molecule has 1 aromatic heterocycles. The summed E-state index contributed by atoms with van der Waals surface area (Å²) in [5, 5.41) is 10.2. The van der Waals surface area contributed by atoms with Crippen molar-refractivity contribution >= 4 is 17.2 Å². The number of nitrogens with two attached hydrogens (primary N) is 1. The molecular formula is C12H16N2OS. The van der Waals surface area contributed by atoms with Crippen LogP contribution in [0.1, 0.15) is 31.2 Å². The first kappa shape index (κ1) is 11.5. The van der Waals surface area contributed by atoms with Crippen molar-refractivity contribution in [2.75, 3.05) is 0 Å². The monoisotopic (exact) mass is 236 g/mol. The van der Waals surface area contributed by atoms with E-state index in [0.29, 0.717) is 4.99 Å². The molecule has 2 unspecified atom stereocenters. The Balaban J connectivity index is 2.46. The Morgan fingerprint density at radius 3 is 2.94 bits per heavy atom. The zero-order valence-electron chi connectivity index (χ0n) is 9.10. The summed E-state index contributed by atoms with van der Waals surface area (Å²) >= 11 is 5.18. The summed E-state index contributed by atoms with van der Waals surface area (Å²) in [5.41, 5.74) is 6.24. The number of pyridine rings is 1. The van der Waals surface area contributed by atoms with E-state index in [9.17, 15) is 5.11 Å². The van der Waals surface area contributed by atoms with E-state index in [1.54, 1.807) is 12.4 Å². The highest BCUT2D eigenvalue weighted by Crippen LogP contribution is 2.39. The zero-order chi connectivity index (χ0) is 11.6. The smallest absolute Gasteiger partial charge is 0.0861 e. The van der Waals surface area contributed by atoms with Gasteiger partial charge in [-0.15, -0.1) is 0 Å². The first-order chi connectivity index (χ1) is 7.68. The van der Waals surface area contributed by atoms with E-state index in [-0.39, 0.29) is 0 Å². The van der Waals surface area contributed by atoms with Gasteiger partial charge in [-0.1, -0.05) is 31.1 Å². The van der Waals surface area contributed by atoms with E-state index in [2.05, 4.69) is 4.98 Å². The predicted molar refractivity (Wildman–Crippen MR) is 67.2 cm³/mol. The van der Waals surface area contributed by atoms with Crippen molar-refractivity contribution in [2.24, 2.45) is 5.73 Å². The van der Waals surface area contributed by atoms with E-state index in [1.165, 1.54) is 0 Å². The average molecular weight is 236 g/mol. The van der Waals surface area contributed by atoms with Gasteiger partial charge in [0.05, 0.1) is 16.5 Å². The summed E-state index contributed by atoms with van der Waals surface area (Å²) < 4.78 is 0. The maximum atomic E-state index is 10.2. The van der Waals surface area contributed by atoms with Crippen LogP contribution in [0.4, 0.5) is 0 Å². The van der Waals surface area contributed by atoms with Crippen LogP contribution >= 0.6 is 12.2 Å². The minimum absolute atomic E-state index is 0.382. The number of hydrogen-bond acceptors (Lipinski definition) is 3. The van der Waals surface area contributed by atoms with E-state index in [1.807, 2.05) is 12.1 Å². The Kier molecular flexibility index (Phi) is 3.21. The van der Waals surface area contributed by atoms with Crippen LogP contribution in [-0.4, -0.2) is 21.2 Å². The Hall–Kier alpha value is -1.00. The van der Waals surface area contributed by atoms with E-state index in [0.717, 1.165) is 31.2 Å². The van der Waals surface area contributed by atoms with Gasteiger partial charge in [0.2, 0.25) is 0 Å². The SMILES string of the molecule is NC(=S)C1(c2cccnc2)CCCCC1O. The van der Waals surface area contributed by atoms with E-state index < -0.39 is 11.5 Å². The summed E-state index contributed by atoms with van der Waals surface area (Å²) in [6, 6.07) is 3.80. The van der Waals surface area contributed by atoms with Crippen LogP contribution in [-0.2, 0) is 5.41 Å². The van der Waals surface area contributed by atoms with Gasteiger partial charge in [0, 0.05) is 12.4 Å². The lowest BCUT2D eigenvalue weighted by Crippen LogP contribution is -2.51. The molecule has 86 valence electrons. The number of aliphatic hydroxyl groups excluding tert-OH is 1. The summed E-state index contributed by atoms with van der Waals surface area (Å²) in [4.78, 5) is 4.48. The third-order valence-corrected chi connectivity index (χ3v) is 3.85. The molecule has 0 radical (unpaired) electrons. The van der Waals surface area contributed by atoms with Crippen LogP contribution in [0.25, 0.3) is 0 Å². The average Bonchev–Trinajstić information content (AvgIpc) is 2.30. The molecule has 0 aliphatic heterocycles. The van der Waals surface area contributed by atoms with Crippen molar-refractivity contribution < 1.29 is 5.11 Å². The molecule has 0 aromatic carbocycles. The van der Waals surface area contributed by atoms with Gasteiger partial charge in [-0.3, -0.25) is 4.98 Å². The normalized spacial score (nSPS) is 29.9. The molecule has 1 aromatic rings. The van der Waals surface area contributed by atoms with Gasteiger partial charge in [0.1, 0.15) is 0 Å². The fourth-order valence-electron chi connectivity index (χ4n) is 2.55. The van der Waals surface area contributed by atoms with Gasteiger partial charge in [0.15, 0.2) is 0 Å². The molecule has 0 bridgehead atoms. The van der Waals surface area contributed by atoms with E-state index in [4.69, 9.17) is 18.0 Å². The van der Waals surface area contributed by atoms with Crippen LogP contribution in [0, 0.1) is 0 Å². The van der Waals surface area contributed by atoms with Crippen LogP contribution in [0.3, 0.4) is 0 Å². The number of thiocarbonyl (C=S) groups is 1. The molecule has 4 heteroatoms. The third kappa shape index (κ3) is 1.72. The van der Waals surface area contributed by atoms with E-state index >= 15 is 0 Å². The number of aliphatic hydroxyl groups is 1. The molecule has 0 amide bonds. The molecule has 2 rings (SSSR count). The Labute approximate surface area is 101 Å². The highest BCUT2D eigenvalue weighted by atomic mass is 32.1. The molecule has 2 atom stereocenters. The first-order valence-electron chi connectivity index (χ1n) is 5.56. The predicted octanol–water partition coefficient (Wildman–Crippen LogP) is 1.54. The molecule has 1 saturated carbocycles. The summed E-state index contributed by atoms with van der Waals surface area (Å²) in [6.07, 6.45) is 6.64. The standard InChI is InChI=1S/C12H16N2OS/c13-11(16)12(6-2-1-5-10(12)15)9-4-3-7-14-8-9/h3-4,7-8,10,15H,1-2,5-6H2,(H2,13,16). The van der Waals surface area contributed by atoms with Crippen LogP contribution in [0.15, 0.2) is 24.5 Å². The molecule has 0 spiro atoms. The van der Waals surface area contributed by atoms with Gasteiger partial charge in [-0.25, -0.2) is 0 Å². The second-order valence-corrected chi connectivity index (χ2v) is 4.78. The second-order valence-electron chi connectivity index (χ2n) is 4.34. The molecule has 3 nitrogen and oxygen atoms in total. The molecule has 1 heterocycles. The summed E-state index contributed by atoms with van der Waals surface area (Å²) in [7, 11) is 0. The number of nitrogens with zero attached hydrogens (tertiary/aromatic N) is 1. The Bertz CT molecular complexity index is 382. The van der Waals surface area contributed by atoms with Crippen molar-refractivity contribution in [1.82, 2.24) is 4.98 Å². The van der Waals surface area contributed by atoms with Gasteiger partial charge >= 0.3 is 0 Å². The lowest BCUT2D eigenvalue weighted by Gasteiger charge is -2.40. The first-order valence-corrected chi connectivity index (χ1v) is 5.97. The Morgan fingerprint density at radius 2 is 2.38 bits per heavy atom. The molecule has 1 fully saturated rings. The summed E-state index contributed by atoms with van der Waals surface area (Å²) in [5.74, 6) is 0. The van der Waals surface area contributed by atoms with Crippen molar-refractivity contribution in [3.63, 3.8) is 0 Å². The lowest BCUT2D eigenvalue weighted by molar-refractivity contribution is 0.0785. The van der Waals surface area contributed by atoms with Crippen molar-refractivity contribution in [2.45, 2.75) is 37.2 Å². The molecule has 16 heavy (non-hydrogen) atoms. The molecule has 0 saturated heterocycles. The van der Waals surface area contributed by atoms with Crippen LogP contribution < -0.4 is 5.73 Å². The van der Waals surface area contributed by atoms with Crippen molar-refractivity contribution in [1.29, 1.82) is 0 Å².